The number of benzene rings is 3. The van der Waals surface area contributed by atoms with Crippen LogP contribution in [0.4, 0.5) is 0 Å². The van der Waals surface area contributed by atoms with Crippen molar-refractivity contribution in [2.45, 2.75) is 6.42 Å². The summed E-state index contributed by atoms with van der Waals surface area (Å²) in [4.78, 5) is 12.6. The molecule has 36 heavy (non-hydrogen) atoms. The Hall–Kier alpha value is -3.90. The van der Waals surface area contributed by atoms with Crippen molar-refractivity contribution in [1.82, 2.24) is 0 Å². The molecule has 0 fully saturated rings. The first-order valence-electron chi connectivity index (χ1n) is 11.1. The van der Waals surface area contributed by atoms with E-state index in [-0.39, 0.29) is 5.78 Å². The predicted molar refractivity (Wildman–Crippen MR) is 143 cm³/mol. The molecule has 0 N–H and O–H groups in total. The molecule has 0 amide bonds. The van der Waals surface area contributed by atoms with Gasteiger partial charge in [0, 0.05) is 5.56 Å². The molecule has 3 aromatic carbocycles. The zero-order chi connectivity index (χ0) is 26.1. The van der Waals surface area contributed by atoms with E-state index in [4.69, 9.17) is 35.3 Å². The molecule has 0 bridgehead atoms. The predicted octanol–water partition coefficient (Wildman–Crippen LogP) is 6.54. The van der Waals surface area contributed by atoms with Gasteiger partial charge in [-0.3, -0.25) is 4.79 Å². The van der Waals surface area contributed by atoms with Crippen molar-refractivity contribution in [3.63, 3.8) is 0 Å². The maximum absolute atomic E-state index is 12.6. The third-order valence-corrected chi connectivity index (χ3v) is 5.81. The number of halogens is 1. The minimum absolute atomic E-state index is 0.107. The lowest BCUT2D eigenvalue weighted by Crippen LogP contribution is -1.96. The summed E-state index contributed by atoms with van der Waals surface area (Å²) in [5.74, 6) is 2.73. The van der Waals surface area contributed by atoms with Gasteiger partial charge >= 0.3 is 0 Å². The van der Waals surface area contributed by atoms with Gasteiger partial charge in [-0.25, -0.2) is 0 Å². The molecule has 0 aliphatic carbocycles. The average Bonchev–Trinajstić information content (AvgIpc) is 2.91. The molecular formula is C29H29ClO6. The van der Waals surface area contributed by atoms with Gasteiger partial charge in [-0.1, -0.05) is 42.0 Å². The molecular weight excluding hydrogens is 480 g/mol. The van der Waals surface area contributed by atoms with E-state index < -0.39 is 0 Å². The molecule has 3 aromatic rings. The Labute approximate surface area is 216 Å². The summed E-state index contributed by atoms with van der Waals surface area (Å²) in [6.45, 7) is 0. The number of methoxy groups -OCH3 is 5. The Bertz CT molecular complexity index is 1250. The van der Waals surface area contributed by atoms with Gasteiger partial charge in [0.15, 0.2) is 17.3 Å². The summed E-state index contributed by atoms with van der Waals surface area (Å²) >= 11 is 6.41. The molecule has 7 heteroatoms. The summed E-state index contributed by atoms with van der Waals surface area (Å²) in [5.41, 5.74) is 3.23. The Kier molecular flexibility index (Phi) is 9.42. The highest BCUT2D eigenvalue weighted by Crippen LogP contribution is 2.39. The number of hydrogen-bond donors (Lipinski definition) is 0. The number of rotatable bonds is 11. The van der Waals surface area contributed by atoms with E-state index in [9.17, 15) is 4.79 Å². The first-order valence-corrected chi connectivity index (χ1v) is 11.5. The first kappa shape index (κ1) is 26.7. The van der Waals surface area contributed by atoms with Crippen molar-refractivity contribution < 1.29 is 28.5 Å². The van der Waals surface area contributed by atoms with E-state index in [2.05, 4.69) is 0 Å². The lowest BCUT2D eigenvalue weighted by atomic mass is 10.0. The van der Waals surface area contributed by atoms with Crippen molar-refractivity contribution >= 4 is 29.5 Å². The second-order valence-electron chi connectivity index (χ2n) is 7.68. The highest BCUT2D eigenvalue weighted by molar-refractivity contribution is 6.32. The van der Waals surface area contributed by atoms with E-state index in [1.165, 1.54) is 0 Å². The quantitative estimate of drug-likeness (QED) is 0.166. The lowest BCUT2D eigenvalue weighted by molar-refractivity contribution is 0.104. The third-order valence-electron chi connectivity index (χ3n) is 5.52. The van der Waals surface area contributed by atoms with Crippen molar-refractivity contribution in [1.29, 1.82) is 0 Å². The SMILES string of the molecule is COc1cccc(C(=O)/C=C\Cc2cc(OC)c(Cl)cc2/C=C\c2cc(OC)c(OC)c(OC)c2)c1. The van der Waals surface area contributed by atoms with E-state index >= 15 is 0 Å². The zero-order valence-electron chi connectivity index (χ0n) is 21.0. The minimum atomic E-state index is -0.107. The summed E-state index contributed by atoms with van der Waals surface area (Å²) in [7, 11) is 7.85. The van der Waals surface area contributed by atoms with Crippen molar-refractivity contribution in [2.24, 2.45) is 0 Å². The summed E-state index contributed by atoms with van der Waals surface area (Å²) in [6, 6.07) is 14.5. The number of ether oxygens (including phenoxy) is 5. The van der Waals surface area contributed by atoms with Gasteiger partial charge in [-0.2, -0.15) is 0 Å². The maximum atomic E-state index is 12.6. The largest absolute Gasteiger partial charge is 0.497 e. The number of allylic oxidation sites excluding steroid dienone is 2. The van der Waals surface area contributed by atoms with Crippen LogP contribution >= 0.6 is 11.6 Å². The van der Waals surface area contributed by atoms with Crippen LogP contribution in [0.25, 0.3) is 12.2 Å². The van der Waals surface area contributed by atoms with Crippen molar-refractivity contribution in [3.8, 4) is 28.7 Å². The standard InChI is InChI=1S/C29H29ClO6/c1-32-23-10-6-9-22(16-23)25(31)11-7-8-20-18-26(33-2)24(30)17-21(20)13-12-19-14-27(34-3)29(36-5)28(15-19)35-4/h6-7,9-18H,8H2,1-5H3/b11-7-,13-12-. The van der Waals surface area contributed by atoms with Crippen LogP contribution in [0.2, 0.25) is 5.02 Å². The van der Waals surface area contributed by atoms with Gasteiger partial charge in [0.05, 0.1) is 40.6 Å². The molecule has 188 valence electrons. The minimum Gasteiger partial charge on any atom is -0.497 e. The van der Waals surface area contributed by atoms with Gasteiger partial charge in [-0.15, -0.1) is 0 Å². The monoisotopic (exact) mass is 508 g/mol. The van der Waals surface area contributed by atoms with Gasteiger partial charge in [0.2, 0.25) is 5.75 Å². The molecule has 0 heterocycles. The molecule has 0 aliphatic heterocycles. The fourth-order valence-electron chi connectivity index (χ4n) is 3.65. The summed E-state index contributed by atoms with van der Waals surface area (Å²) in [6.07, 6.45) is 7.75. The highest BCUT2D eigenvalue weighted by atomic mass is 35.5. The Morgan fingerprint density at radius 1 is 0.806 bits per heavy atom. The second kappa shape index (κ2) is 12.7. The molecule has 3 rings (SSSR count). The van der Waals surface area contributed by atoms with Crippen LogP contribution in [0, 0.1) is 0 Å². The molecule has 0 spiro atoms. The van der Waals surface area contributed by atoms with Crippen LogP contribution < -0.4 is 23.7 Å². The van der Waals surface area contributed by atoms with Crippen LogP contribution in [-0.4, -0.2) is 41.3 Å². The molecule has 0 atom stereocenters. The lowest BCUT2D eigenvalue weighted by Gasteiger charge is -2.13. The second-order valence-corrected chi connectivity index (χ2v) is 8.09. The summed E-state index contributed by atoms with van der Waals surface area (Å²) < 4.78 is 26.9. The molecule has 6 nitrogen and oxygen atoms in total. The Morgan fingerprint density at radius 2 is 1.50 bits per heavy atom. The molecule has 0 radical (unpaired) electrons. The topological polar surface area (TPSA) is 63.2 Å². The number of carbonyl (C=O) groups excluding carboxylic acids is 1. The fraction of sp³-hybridized carbons (Fsp3) is 0.207. The fourth-order valence-corrected chi connectivity index (χ4v) is 3.90. The van der Waals surface area contributed by atoms with E-state index in [1.54, 1.807) is 65.9 Å². The van der Waals surface area contributed by atoms with Crippen molar-refractivity contribution in [3.05, 3.63) is 88.0 Å². The van der Waals surface area contributed by atoms with Crippen molar-refractivity contribution in [2.75, 3.05) is 35.5 Å². The van der Waals surface area contributed by atoms with Gasteiger partial charge in [0.25, 0.3) is 0 Å². The molecule has 0 saturated carbocycles. The first-order chi connectivity index (χ1) is 17.4. The molecule has 0 aromatic heterocycles. The van der Waals surface area contributed by atoms with Crippen LogP contribution in [0.5, 0.6) is 28.7 Å². The van der Waals surface area contributed by atoms with Gasteiger partial charge in [0.1, 0.15) is 11.5 Å². The maximum Gasteiger partial charge on any atom is 0.203 e. The van der Waals surface area contributed by atoms with Crippen LogP contribution in [0.3, 0.4) is 0 Å². The van der Waals surface area contributed by atoms with Crippen LogP contribution in [0.1, 0.15) is 27.0 Å². The zero-order valence-corrected chi connectivity index (χ0v) is 21.7. The number of ketones is 1. The molecule has 0 aliphatic rings. The normalized spacial score (nSPS) is 11.1. The summed E-state index contributed by atoms with van der Waals surface area (Å²) in [5, 5.41) is 0.488. The number of hydrogen-bond acceptors (Lipinski definition) is 6. The highest BCUT2D eigenvalue weighted by Gasteiger charge is 2.13. The van der Waals surface area contributed by atoms with E-state index in [0.717, 1.165) is 16.7 Å². The van der Waals surface area contributed by atoms with Gasteiger partial charge < -0.3 is 23.7 Å². The smallest absolute Gasteiger partial charge is 0.203 e. The van der Waals surface area contributed by atoms with Gasteiger partial charge in [-0.05, 0) is 65.6 Å². The molecule has 0 saturated heterocycles. The number of carbonyl (C=O) groups is 1. The van der Waals surface area contributed by atoms with Crippen LogP contribution in [0.15, 0.2) is 60.7 Å². The Balaban J connectivity index is 1.90. The van der Waals surface area contributed by atoms with Crippen LogP contribution in [-0.2, 0) is 6.42 Å². The Morgan fingerprint density at radius 3 is 2.11 bits per heavy atom. The van der Waals surface area contributed by atoms with E-state index in [1.807, 2.05) is 42.5 Å². The molecule has 0 unspecified atom stereocenters. The average molecular weight is 509 g/mol. The third kappa shape index (κ3) is 6.40. The van der Waals surface area contributed by atoms with E-state index in [0.29, 0.717) is 45.8 Å².